The molecule has 0 saturated carbocycles. The van der Waals surface area contributed by atoms with E-state index >= 15 is 0 Å². The Labute approximate surface area is 134 Å². The van der Waals surface area contributed by atoms with Crippen LogP contribution in [0.15, 0.2) is 0 Å². The number of hydrogen-bond donors (Lipinski definition) is 1. The smallest absolute Gasteiger partial charge is 0.317 e. The van der Waals surface area contributed by atoms with Crippen LogP contribution in [0.4, 0.5) is 4.79 Å². The normalized spacial score (nSPS) is 26.1. The molecular formula is C15H29N3O3S. The molecule has 2 amide bonds. The molecule has 2 rings (SSSR count). The number of carbonyl (C=O) groups is 1. The molecule has 2 heterocycles. The largest absolute Gasteiger partial charge is 0.336 e. The first-order valence-electron chi connectivity index (χ1n) is 8.23. The van der Waals surface area contributed by atoms with Gasteiger partial charge >= 0.3 is 6.03 Å². The van der Waals surface area contributed by atoms with Gasteiger partial charge in [-0.1, -0.05) is 6.92 Å². The Balaban J connectivity index is 1.74. The van der Waals surface area contributed by atoms with Crippen LogP contribution < -0.4 is 5.32 Å². The summed E-state index contributed by atoms with van der Waals surface area (Å²) in [5.74, 6) is 0.801. The number of amides is 2. The highest BCUT2D eigenvalue weighted by atomic mass is 32.2. The molecule has 0 radical (unpaired) electrons. The molecule has 0 bridgehead atoms. The molecule has 6 nitrogen and oxygen atoms in total. The SMILES string of the molecule is CC1CCN(C(C)CNC(=O)N2CCC(S(C)(=O)=O)C2)CC1. The number of urea groups is 1. The zero-order valence-electron chi connectivity index (χ0n) is 13.9. The van der Waals surface area contributed by atoms with E-state index in [1.807, 2.05) is 0 Å². The summed E-state index contributed by atoms with van der Waals surface area (Å²) in [5.41, 5.74) is 0. The molecule has 7 heteroatoms. The number of nitrogens with zero attached hydrogens (tertiary/aromatic N) is 2. The number of hydrogen-bond acceptors (Lipinski definition) is 4. The second-order valence-electron chi connectivity index (χ2n) is 6.94. The van der Waals surface area contributed by atoms with Crippen LogP contribution in [-0.2, 0) is 9.84 Å². The van der Waals surface area contributed by atoms with Crippen molar-refractivity contribution in [2.45, 2.75) is 44.4 Å². The van der Waals surface area contributed by atoms with Crippen LogP contribution in [0.5, 0.6) is 0 Å². The Morgan fingerprint density at radius 3 is 2.41 bits per heavy atom. The summed E-state index contributed by atoms with van der Waals surface area (Å²) in [5, 5.41) is 2.55. The highest BCUT2D eigenvalue weighted by Crippen LogP contribution is 2.18. The van der Waals surface area contributed by atoms with E-state index in [1.54, 1.807) is 4.90 Å². The molecule has 22 heavy (non-hydrogen) atoms. The van der Waals surface area contributed by atoms with Crippen molar-refractivity contribution in [2.75, 3.05) is 39.0 Å². The maximum absolute atomic E-state index is 12.2. The van der Waals surface area contributed by atoms with Crippen molar-refractivity contribution < 1.29 is 13.2 Å². The van der Waals surface area contributed by atoms with E-state index in [0.717, 1.165) is 19.0 Å². The van der Waals surface area contributed by atoms with Crippen molar-refractivity contribution in [2.24, 2.45) is 5.92 Å². The maximum atomic E-state index is 12.2. The third-order valence-corrected chi connectivity index (χ3v) is 6.62. The number of rotatable bonds is 4. The maximum Gasteiger partial charge on any atom is 0.317 e. The van der Waals surface area contributed by atoms with Crippen molar-refractivity contribution in [3.63, 3.8) is 0 Å². The van der Waals surface area contributed by atoms with E-state index in [-0.39, 0.29) is 6.03 Å². The third-order valence-electron chi connectivity index (χ3n) is 5.03. The van der Waals surface area contributed by atoms with Crippen molar-refractivity contribution in [3.05, 3.63) is 0 Å². The quantitative estimate of drug-likeness (QED) is 0.832. The summed E-state index contributed by atoms with van der Waals surface area (Å²) in [6.07, 6.45) is 4.24. The fourth-order valence-electron chi connectivity index (χ4n) is 3.21. The zero-order chi connectivity index (χ0) is 16.3. The van der Waals surface area contributed by atoms with Crippen LogP contribution >= 0.6 is 0 Å². The van der Waals surface area contributed by atoms with Crippen LogP contribution in [-0.4, -0.2) is 74.5 Å². The number of sulfone groups is 1. The number of piperidine rings is 1. The Hall–Kier alpha value is -0.820. The minimum absolute atomic E-state index is 0.136. The van der Waals surface area contributed by atoms with Crippen LogP contribution in [0.2, 0.25) is 0 Å². The summed E-state index contributed by atoms with van der Waals surface area (Å²) < 4.78 is 23.1. The predicted octanol–water partition coefficient (Wildman–Crippen LogP) is 0.935. The van der Waals surface area contributed by atoms with Gasteiger partial charge in [0.05, 0.1) is 5.25 Å². The Morgan fingerprint density at radius 2 is 1.86 bits per heavy atom. The van der Waals surface area contributed by atoms with Gasteiger partial charge in [0.1, 0.15) is 0 Å². The molecule has 128 valence electrons. The van der Waals surface area contributed by atoms with Gasteiger partial charge in [-0.25, -0.2) is 13.2 Å². The highest BCUT2D eigenvalue weighted by molar-refractivity contribution is 7.91. The van der Waals surface area contributed by atoms with Gasteiger partial charge in [0.25, 0.3) is 0 Å². The number of likely N-dealkylation sites (tertiary alicyclic amines) is 2. The Morgan fingerprint density at radius 1 is 1.23 bits per heavy atom. The molecule has 1 N–H and O–H groups in total. The number of nitrogens with one attached hydrogen (secondary N) is 1. The molecular weight excluding hydrogens is 302 g/mol. The summed E-state index contributed by atoms with van der Waals surface area (Å²) >= 11 is 0. The van der Waals surface area contributed by atoms with Crippen molar-refractivity contribution in [1.82, 2.24) is 15.1 Å². The third kappa shape index (κ3) is 4.59. The monoisotopic (exact) mass is 331 g/mol. The molecule has 2 fully saturated rings. The van der Waals surface area contributed by atoms with Gasteiger partial charge < -0.3 is 10.2 Å². The number of carbonyl (C=O) groups excluding carboxylic acids is 1. The second-order valence-corrected chi connectivity index (χ2v) is 9.27. The van der Waals surface area contributed by atoms with E-state index < -0.39 is 15.1 Å². The minimum Gasteiger partial charge on any atom is -0.336 e. The zero-order valence-corrected chi connectivity index (χ0v) is 14.7. The average molecular weight is 331 g/mol. The van der Waals surface area contributed by atoms with Gasteiger partial charge in [-0.2, -0.15) is 0 Å². The van der Waals surface area contributed by atoms with E-state index in [2.05, 4.69) is 24.1 Å². The predicted molar refractivity (Wildman–Crippen MR) is 87.7 cm³/mol. The molecule has 2 unspecified atom stereocenters. The van der Waals surface area contributed by atoms with Gasteiger partial charge in [0.15, 0.2) is 9.84 Å². The lowest BCUT2D eigenvalue weighted by Gasteiger charge is -2.35. The van der Waals surface area contributed by atoms with Crippen molar-refractivity contribution in [3.8, 4) is 0 Å². The van der Waals surface area contributed by atoms with Crippen LogP contribution in [0.3, 0.4) is 0 Å². The Kier molecular flexibility index (Phi) is 5.71. The minimum atomic E-state index is -3.05. The standard InChI is InChI=1S/C15H29N3O3S/c1-12-4-7-17(8-5-12)13(2)10-16-15(19)18-9-6-14(11-18)22(3,20)21/h12-14H,4-11H2,1-3H3,(H,16,19). The average Bonchev–Trinajstić information content (AvgIpc) is 2.95. The molecule has 2 aliphatic rings. The van der Waals surface area contributed by atoms with Gasteiger partial charge in [0, 0.05) is 31.9 Å². The molecule has 2 aliphatic heterocycles. The van der Waals surface area contributed by atoms with Crippen LogP contribution in [0.1, 0.15) is 33.1 Å². The summed E-state index contributed by atoms with van der Waals surface area (Å²) in [7, 11) is -3.05. The lowest BCUT2D eigenvalue weighted by Crippen LogP contribution is -2.48. The molecule has 0 aromatic heterocycles. The molecule has 0 aromatic rings. The molecule has 0 spiro atoms. The lowest BCUT2D eigenvalue weighted by molar-refractivity contribution is 0.143. The Bertz CT molecular complexity index is 486. The molecule has 2 saturated heterocycles. The van der Waals surface area contributed by atoms with E-state index in [1.165, 1.54) is 19.1 Å². The van der Waals surface area contributed by atoms with Gasteiger partial charge in [-0.05, 0) is 45.2 Å². The first-order chi connectivity index (χ1) is 10.3. The molecule has 2 atom stereocenters. The lowest BCUT2D eigenvalue weighted by atomic mass is 9.98. The molecule has 0 aromatic carbocycles. The van der Waals surface area contributed by atoms with E-state index in [9.17, 15) is 13.2 Å². The summed E-state index contributed by atoms with van der Waals surface area (Å²) in [4.78, 5) is 16.2. The van der Waals surface area contributed by atoms with E-state index in [0.29, 0.717) is 32.1 Å². The van der Waals surface area contributed by atoms with Crippen LogP contribution in [0.25, 0.3) is 0 Å². The molecule has 0 aliphatic carbocycles. The topological polar surface area (TPSA) is 69.7 Å². The fourth-order valence-corrected chi connectivity index (χ4v) is 4.19. The first kappa shape index (κ1) is 17.5. The summed E-state index contributed by atoms with van der Waals surface area (Å²) in [6, 6.07) is 0.188. The van der Waals surface area contributed by atoms with E-state index in [4.69, 9.17) is 0 Å². The van der Waals surface area contributed by atoms with Crippen molar-refractivity contribution >= 4 is 15.9 Å². The van der Waals surface area contributed by atoms with Gasteiger partial charge in [0.2, 0.25) is 0 Å². The second kappa shape index (κ2) is 7.17. The van der Waals surface area contributed by atoms with Crippen molar-refractivity contribution in [1.29, 1.82) is 0 Å². The first-order valence-corrected chi connectivity index (χ1v) is 10.2. The highest BCUT2D eigenvalue weighted by Gasteiger charge is 2.32. The van der Waals surface area contributed by atoms with Gasteiger partial charge in [-0.15, -0.1) is 0 Å². The van der Waals surface area contributed by atoms with Gasteiger partial charge in [-0.3, -0.25) is 4.90 Å². The summed E-state index contributed by atoms with van der Waals surface area (Å²) in [6.45, 7) is 8.08. The fraction of sp³-hybridized carbons (Fsp3) is 0.933. The van der Waals surface area contributed by atoms with Crippen LogP contribution in [0, 0.1) is 5.92 Å².